The van der Waals surface area contributed by atoms with Gasteiger partial charge in [0.25, 0.3) is 5.69 Å². The molecule has 10 nitrogen and oxygen atoms in total. The lowest BCUT2D eigenvalue weighted by atomic mass is 9.92. The molecule has 26 heavy (non-hydrogen) atoms. The number of hydrogen-bond acceptors (Lipinski definition) is 6. The van der Waals surface area contributed by atoms with E-state index in [1.165, 1.54) is 30.5 Å². The molecular formula is C16H16N4O6. The number of fused-ring (bicyclic) bond motifs is 1. The highest BCUT2D eigenvalue weighted by atomic mass is 16.6. The fourth-order valence-electron chi connectivity index (χ4n) is 2.60. The first-order valence-corrected chi connectivity index (χ1v) is 7.75. The molecule has 1 aromatic carbocycles. The summed E-state index contributed by atoms with van der Waals surface area (Å²) in [5, 5.41) is 11.3. The molecule has 1 aromatic rings. The van der Waals surface area contributed by atoms with Crippen molar-refractivity contribution in [1.82, 2.24) is 4.90 Å². The number of nitro benzene ring substituents is 1. The Balaban J connectivity index is 2.65. The van der Waals surface area contributed by atoms with Gasteiger partial charge in [-0.3, -0.25) is 15.0 Å². The number of ether oxygens (including phenoxy) is 2. The van der Waals surface area contributed by atoms with Crippen LogP contribution in [0.25, 0.3) is 11.6 Å². The van der Waals surface area contributed by atoms with Crippen LogP contribution in [0.2, 0.25) is 0 Å². The Kier molecular flexibility index (Phi) is 5.82. The second kappa shape index (κ2) is 8.04. The standard InChI is InChI=1S/C16H16N4O6/c1-3-25-15(21)13(18-17)14-11-6-5-7-12(20(23)24)10(11)8-9-19(14)16(22)26-4-2/h5-9,14H,3-4H2,1-2H3. The van der Waals surface area contributed by atoms with Crippen molar-refractivity contribution < 1.29 is 28.8 Å². The molecule has 2 rings (SSSR count). The van der Waals surface area contributed by atoms with Gasteiger partial charge < -0.3 is 15.0 Å². The zero-order valence-electron chi connectivity index (χ0n) is 14.1. The number of benzene rings is 1. The highest BCUT2D eigenvalue weighted by molar-refractivity contribution is 6.36. The van der Waals surface area contributed by atoms with E-state index in [0.29, 0.717) is 0 Å². The van der Waals surface area contributed by atoms with Gasteiger partial charge in [-0.25, -0.2) is 9.59 Å². The first-order chi connectivity index (χ1) is 12.5. The Morgan fingerprint density at radius 1 is 1.31 bits per heavy atom. The highest BCUT2D eigenvalue weighted by Crippen LogP contribution is 2.36. The lowest BCUT2D eigenvalue weighted by molar-refractivity contribution is -0.385. The molecule has 1 unspecified atom stereocenters. The number of nitro groups is 1. The van der Waals surface area contributed by atoms with E-state index in [1.54, 1.807) is 13.8 Å². The summed E-state index contributed by atoms with van der Waals surface area (Å²) in [6, 6.07) is 2.96. The van der Waals surface area contributed by atoms with Crippen molar-refractivity contribution >= 4 is 29.5 Å². The number of hydrogen-bond donors (Lipinski definition) is 0. The van der Waals surface area contributed by atoms with E-state index in [-0.39, 0.29) is 30.0 Å². The van der Waals surface area contributed by atoms with Gasteiger partial charge in [-0.1, -0.05) is 12.1 Å². The minimum atomic E-state index is -1.24. The van der Waals surface area contributed by atoms with Crippen molar-refractivity contribution in [3.8, 4) is 0 Å². The molecule has 1 aliphatic heterocycles. The van der Waals surface area contributed by atoms with Crippen LogP contribution in [-0.2, 0) is 14.3 Å². The van der Waals surface area contributed by atoms with Gasteiger partial charge in [0.05, 0.1) is 23.7 Å². The molecule has 0 N–H and O–H groups in total. The number of esters is 1. The summed E-state index contributed by atoms with van der Waals surface area (Å²) in [6.45, 7) is 3.26. The van der Waals surface area contributed by atoms with Crippen molar-refractivity contribution in [1.29, 1.82) is 0 Å². The Hall–Kier alpha value is -3.52. The molecule has 0 bridgehead atoms. The molecule has 10 heteroatoms. The van der Waals surface area contributed by atoms with Crippen molar-refractivity contribution in [3.05, 3.63) is 51.2 Å². The van der Waals surface area contributed by atoms with E-state index in [9.17, 15) is 25.2 Å². The second-order valence-corrected chi connectivity index (χ2v) is 5.07. The molecule has 0 saturated heterocycles. The molecule has 0 radical (unpaired) electrons. The summed E-state index contributed by atoms with van der Waals surface area (Å²) < 4.78 is 9.81. The van der Waals surface area contributed by atoms with E-state index >= 15 is 0 Å². The zero-order chi connectivity index (χ0) is 19.3. The molecule has 0 fully saturated rings. The predicted octanol–water partition coefficient (Wildman–Crippen LogP) is 2.31. The Morgan fingerprint density at radius 2 is 2.00 bits per heavy atom. The Bertz CT molecular complexity index is 828. The van der Waals surface area contributed by atoms with E-state index in [4.69, 9.17) is 9.47 Å². The first-order valence-electron chi connectivity index (χ1n) is 7.75. The minimum Gasteiger partial charge on any atom is -0.457 e. The summed E-state index contributed by atoms with van der Waals surface area (Å²) >= 11 is 0. The number of amides is 1. The fourth-order valence-corrected chi connectivity index (χ4v) is 2.60. The molecule has 0 saturated carbocycles. The van der Waals surface area contributed by atoms with Crippen LogP contribution >= 0.6 is 0 Å². The molecule has 0 aliphatic carbocycles. The van der Waals surface area contributed by atoms with Crippen molar-refractivity contribution in [2.45, 2.75) is 19.9 Å². The van der Waals surface area contributed by atoms with Gasteiger partial charge in [-0.2, -0.15) is 4.79 Å². The third-order valence-corrected chi connectivity index (χ3v) is 3.62. The van der Waals surface area contributed by atoms with E-state index in [1.807, 2.05) is 0 Å². The number of carbonyl (C=O) groups excluding carboxylic acids is 2. The average Bonchev–Trinajstić information content (AvgIpc) is 2.62. The summed E-state index contributed by atoms with van der Waals surface area (Å²) in [4.78, 5) is 39.1. The predicted molar refractivity (Wildman–Crippen MR) is 89.0 cm³/mol. The molecule has 1 atom stereocenters. The van der Waals surface area contributed by atoms with Crippen LogP contribution in [-0.4, -0.2) is 45.6 Å². The van der Waals surface area contributed by atoms with Gasteiger partial charge >= 0.3 is 17.8 Å². The third kappa shape index (κ3) is 3.45. The van der Waals surface area contributed by atoms with E-state index in [0.717, 1.165) is 4.90 Å². The SMILES string of the molecule is CCOC(=O)C(=[N+]=[N-])C1c2cccc([N+](=O)[O-])c2C=CN1C(=O)OCC. The minimum absolute atomic E-state index is 0.0155. The molecule has 136 valence electrons. The molecule has 0 aromatic heterocycles. The van der Waals surface area contributed by atoms with Gasteiger partial charge in [0, 0.05) is 17.8 Å². The fraction of sp³-hybridized carbons (Fsp3) is 0.312. The van der Waals surface area contributed by atoms with Crippen LogP contribution in [0, 0.1) is 10.1 Å². The molecule has 1 heterocycles. The molecular weight excluding hydrogens is 344 g/mol. The number of rotatable bonds is 5. The van der Waals surface area contributed by atoms with Crippen LogP contribution < -0.4 is 0 Å². The van der Waals surface area contributed by atoms with E-state index in [2.05, 4.69) is 4.79 Å². The third-order valence-electron chi connectivity index (χ3n) is 3.62. The topological polar surface area (TPSA) is 135 Å². The van der Waals surface area contributed by atoms with Gasteiger partial charge in [0.2, 0.25) is 0 Å². The zero-order valence-corrected chi connectivity index (χ0v) is 14.1. The van der Waals surface area contributed by atoms with Crippen LogP contribution in [0.1, 0.15) is 31.0 Å². The number of nitrogens with zero attached hydrogens (tertiary/aromatic N) is 4. The monoisotopic (exact) mass is 360 g/mol. The molecule has 0 spiro atoms. The van der Waals surface area contributed by atoms with E-state index < -0.39 is 28.7 Å². The largest absolute Gasteiger partial charge is 0.457 e. The molecule has 1 aliphatic rings. The van der Waals surface area contributed by atoms with Gasteiger partial charge in [0.15, 0.2) is 6.04 Å². The van der Waals surface area contributed by atoms with Gasteiger partial charge in [0.1, 0.15) is 0 Å². The maximum atomic E-state index is 12.3. The summed E-state index contributed by atoms with van der Waals surface area (Å²) in [5.41, 5.74) is 9.07. The average molecular weight is 360 g/mol. The highest BCUT2D eigenvalue weighted by Gasteiger charge is 2.44. The Labute approximate surface area is 148 Å². The van der Waals surface area contributed by atoms with Crippen LogP contribution in [0.4, 0.5) is 10.5 Å². The first kappa shape index (κ1) is 18.8. The van der Waals surface area contributed by atoms with Crippen LogP contribution in [0.5, 0.6) is 0 Å². The smallest absolute Gasteiger partial charge is 0.419 e. The summed E-state index contributed by atoms with van der Waals surface area (Å²) in [7, 11) is 0. The van der Waals surface area contributed by atoms with Crippen LogP contribution in [0.3, 0.4) is 0 Å². The van der Waals surface area contributed by atoms with Gasteiger partial charge in [-0.05, 0) is 19.9 Å². The normalized spacial score (nSPS) is 14.8. The lowest BCUT2D eigenvalue weighted by Gasteiger charge is -2.28. The van der Waals surface area contributed by atoms with Gasteiger partial charge in [-0.15, -0.1) is 0 Å². The quantitative estimate of drug-likeness (QED) is 0.197. The van der Waals surface area contributed by atoms with Crippen molar-refractivity contribution in [2.75, 3.05) is 13.2 Å². The maximum absolute atomic E-state index is 12.3. The summed E-state index contributed by atoms with van der Waals surface area (Å²) in [5.74, 6) is -0.956. The van der Waals surface area contributed by atoms with Crippen molar-refractivity contribution in [3.63, 3.8) is 0 Å². The van der Waals surface area contributed by atoms with Crippen LogP contribution in [0.15, 0.2) is 24.4 Å². The lowest BCUT2D eigenvalue weighted by Crippen LogP contribution is -2.41. The maximum Gasteiger partial charge on any atom is 0.419 e. The number of carbonyl (C=O) groups is 2. The molecule has 1 amide bonds. The second-order valence-electron chi connectivity index (χ2n) is 5.07. The summed E-state index contributed by atoms with van der Waals surface area (Å²) in [6.07, 6.45) is 1.79. The Morgan fingerprint density at radius 3 is 2.58 bits per heavy atom. The van der Waals surface area contributed by atoms with Crippen molar-refractivity contribution in [2.24, 2.45) is 0 Å².